The van der Waals surface area contributed by atoms with Gasteiger partial charge in [-0.25, -0.2) is 9.59 Å². The van der Waals surface area contributed by atoms with Crippen molar-refractivity contribution < 1.29 is 23.8 Å². The first kappa shape index (κ1) is 23.5. The number of hydrogen-bond donors (Lipinski definition) is 0. The van der Waals surface area contributed by atoms with Gasteiger partial charge in [0.15, 0.2) is 0 Å². The van der Waals surface area contributed by atoms with Crippen LogP contribution < -0.4 is 4.74 Å². The molecular formula is C29H23NO5. The Morgan fingerprint density at radius 1 is 0.800 bits per heavy atom. The molecule has 0 saturated heterocycles. The summed E-state index contributed by atoms with van der Waals surface area (Å²) in [7, 11) is 0. The Bertz CT molecular complexity index is 1470. The van der Waals surface area contributed by atoms with Crippen molar-refractivity contribution in [1.82, 2.24) is 4.57 Å². The van der Waals surface area contributed by atoms with Crippen LogP contribution >= 0.6 is 0 Å². The molecule has 3 aromatic carbocycles. The molecule has 0 radical (unpaired) electrons. The Morgan fingerprint density at radius 3 is 2.09 bits per heavy atom. The molecule has 35 heavy (non-hydrogen) atoms. The van der Waals surface area contributed by atoms with E-state index in [9.17, 15) is 9.59 Å². The van der Waals surface area contributed by atoms with Crippen molar-refractivity contribution in [3.05, 3.63) is 77.9 Å². The van der Waals surface area contributed by atoms with E-state index in [-0.39, 0.29) is 36.7 Å². The van der Waals surface area contributed by atoms with Crippen LogP contribution in [0.25, 0.3) is 21.8 Å². The number of hydrogen-bond acceptors (Lipinski definition) is 5. The van der Waals surface area contributed by atoms with E-state index in [0.29, 0.717) is 0 Å². The molecular weight excluding hydrogens is 442 g/mol. The summed E-state index contributed by atoms with van der Waals surface area (Å²) >= 11 is 0. The average Bonchev–Trinajstić information content (AvgIpc) is 3.20. The summed E-state index contributed by atoms with van der Waals surface area (Å²) in [5.41, 5.74) is 2.50. The lowest BCUT2D eigenvalue weighted by atomic mass is 10.1. The number of nitrogens with zero attached hydrogens (tertiary/aromatic N) is 1. The first-order valence-electron chi connectivity index (χ1n) is 11.2. The highest BCUT2D eigenvalue weighted by atomic mass is 16.5. The molecule has 6 heteroatoms. The Morgan fingerprint density at radius 2 is 1.43 bits per heavy atom. The number of ether oxygens (including phenoxy) is 3. The highest BCUT2D eigenvalue weighted by molar-refractivity contribution is 6.08. The van der Waals surface area contributed by atoms with Crippen LogP contribution in [-0.4, -0.2) is 36.3 Å². The second kappa shape index (κ2) is 11.0. The molecule has 174 valence electrons. The maximum atomic E-state index is 12.3. The van der Waals surface area contributed by atoms with Gasteiger partial charge < -0.3 is 14.2 Å². The van der Waals surface area contributed by atoms with Gasteiger partial charge >= 0.3 is 11.9 Å². The number of carbonyl (C=O) groups excluding carboxylic acids is 2. The van der Waals surface area contributed by atoms with E-state index < -0.39 is 11.9 Å². The SMILES string of the molecule is CCOC(=O)c1ccc(C(=O)OCC)c(OCC#CC#Cn2c3ccccc3c3ccccc32)c1. The van der Waals surface area contributed by atoms with Crippen molar-refractivity contribution in [2.45, 2.75) is 13.8 Å². The zero-order valence-corrected chi connectivity index (χ0v) is 19.5. The van der Waals surface area contributed by atoms with Crippen molar-refractivity contribution in [2.24, 2.45) is 0 Å². The molecule has 1 heterocycles. The number of aromatic nitrogens is 1. The van der Waals surface area contributed by atoms with E-state index in [2.05, 4.69) is 35.9 Å². The summed E-state index contributed by atoms with van der Waals surface area (Å²) < 4.78 is 17.7. The smallest absolute Gasteiger partial charge is 0.341 e. The maximum Gasteiger partial charge on any atom is 0.341 e. The zero-order chi connectivity index (χ0) is 24.6. The molecule has 0 unspecified atom stereocenters. The minimum atomic E-state index is -0.544. The Balaban J connectivity index is 1.55. The summed E-state index contributed by atoms with van der Waals surface area (Å²) in [5, 5.41) is 2.25. The summed E-state index contributed by atoms with van der Waals surface area (Å²) in [6.07, 6.45) is 0. The second-order valence-electron chi connectivity index (χ2n) is 7.35. The van der Waals surface area contributed by atoms with Crippen LogP contribution in [0.15, 0.2) is 66.7 Å². The van der Waals surface area contributed by atoms with Gasteiger partial charge in [0.05, 0.1) is 29.8 Å². The van der Waals surface area contributed by atoms with Crippen LogP contribution in [0.3, 0.4) is 0 Å². The Labute approximate surface area is 203 Å². The van der Waals surface area contributed by atoms with Gasteiger partial charge in [0.1, 0.15) is 17.9 Å². The lowest BCUT2D eigenvalue weighted by molar-refractivity contribution is 0.0507. The lowest BCUT2D eigenvalue weighted by Gasteiger charge is -2.10. The number of carbonyl (C=O) groups is 2. The number of rotatable bonds is 6. The van der Waals surface area contributed by atoms with Crippen LogP contribution in [0.5, 0.6) is 5.75 Å². The fourth-order valence-electron chi connectivity index (χ4n) is 3.68. The molecule has 0 aliphatic carbocycles. The maximum absolute atomic E-state index is 12.3. The Hall–Kier alpha value is -4.68. The Kier molecular flexibility index (Phi) is 7.35. The molecule has 0 fully saturated rings. The van der Waals surface area contributed by atoms with Gasteiger partial charge in [-0.05, 0) is 56.0 Å². The highest BCUT2D eigenvalue weighted by Gasteiger charge is 2.17. The summed E-state index contributed by atoms with van der Waals surface area (Å²) in [6.45, 7) is 3.87. The number of esters is 2. The van der Waals surface area contributed by atoms with Crippen LogP contribution in [0, 0.1) is 23.8 Å². The van der Waals surface area contributed by atoms with Crippen LogP contribution in [0.4, 0.5) is 0 Å². The van der Waals surface area contributed by atoms with Gasteiger partial charge in [-0.3, -0.25) is 4.57 Å². The number of benzene rings is 3. The largest absolute Gasteiger partial charge is 0.480 e. The van der Waals surface area contributed by atoms with E-state index in [0.717, 1.165) is 21.8 Å². The van der Waals surface area contributed by atoms with E-state index >= 15 is 0 Å². The lowest BCUT2D eigenvalue weighted by Crippen LogP contribution is -2.11. The quantitative estimate of drug-likeness (QED) is 0.295. The molecule has 0 saturated carbocycles. The van der Waals surface area contributed by atoms with E-state index in [1.165, 1.54) is 18.2 Å². The van der Waals surface area contributed by atoms with Crippen LogP contribution in [-0.2, 0) is 9.47 Å². The van der Waals surface area contributed by atoms with Crippen molar-refractivity contribution in [3.63, 3.8) is 0 Å². The third-order valence-corrected chi connectivity index (χ3v) is 5.19. The fraction of sp³-hybridized carbons (Fsp3) is 0.172. The van der Waals surface area contributed by atoms with E-state index in [1.807, 2.05) is 41.0 Å². The number of fused-ring (bicyclic) bond motifs is 3. The molecule has 4 rings (SSSR count). The van der Waals surface area contributed by atoms with E-state index in [1.54, 1.807) is 13.8 Å². The molecule has 0 aliphatic rings. The molecule has 0 spiro atoms. The van der Waals surface area contributed by atoms with Crippen molar-refractivity contribution in [2.75, 3.05) is 19.8 Å². The standard InChI is InChI=1S/C29H23NO5/c1-3-33-28(31)21-16-17-24(29(32)34-4-2)27(20-21)35-19-11-5-10-18-30-25-14-8-6-12-22(25)23-13-7-9-15-26(23)30/h6-9,12-17,20H,3-4,19H2,1-2H3. The minimum Gasteiger partial charge on any atom is -0.480 e. The molecule has 0 amide bonds. The third-order valence-electron chi connectivity index (χ3n) is 5.19. The number of para-hydroxylation sites is 2. The minimum absolute atomic E-state index is 0.0272. The van der Waals surface area contributed by atoms with Crippen molar-refractivity contribution >= 4 is 33.7 Å². The molecule has 1 aromatic heterocycles. The monoisotopic (exact) mass is 465 g/mol. The van der Waals surface area contributed by atoms with Crippen LogP contribution in [0.1, 0.15) is 34.6 Å². The molecule has 4 aromatic rings. The molecule has 0 aliphatic heterocycles. The van der Waals surface area contributed by atoms with Gasteiger partial charge in [-0.1, -0.05) is 36.4 Å². The predicted octanol–water partition coefficient (Wildman–Crippen LogP) is 5.04. The fourth-order valence-corrected chi connectivity index (χ4v) is 3.68. The molecule has 0 N–H and O–H groups in total. The molecule has 0 bridgehead atoms. The normalized spacial score (nSPS) is 10.1. The van der Waals surface area contributed by atoms with Crippen molar-refractivity contribution in [1.29, 1.82) is 0 Å². The average molecular weight is 466 g/mol. The van der Waals surface area contributed by atoms with Crippen molar-refractivity contribution in [3.8, 4) is 29.6 Å². The van der Waals surface area contributed by atoms with Gasteiger partial charge in [-0.15, -0.1) is 0 Å². The molecule has 6 nitrogen and oxygen atoms in total. The predicted molar refractivity (Wildman–Crippen MR) is 134 cm³/mol. The first-order chi connectivity index (χ1) is 17.1. The summed E-state index contributed by atoms with van der Waals surface area (Å²) in [5.74, 6) is 7.64. The second-order valence-corrected chi connectivity index (χ2v) is 7.35. The highest BCUT2D eigenvalue weighted by Crippen LogP contribution is 2.27. The van der Waals surface area contributed by atoms with Gasteiger partial charge in [0, 0.05) is 22.7 Å². The van der Waals surface area contributed by atoms with E-state index in [4.69, 9.17) is 14.2 Å². The zero-order valence-electron chi connectivity index (χ0n) is 19.5. The first-order valence-corrected chi connectivity index (χ1v) is 11.2. The topological polar surface area (TPSA) is 66.8 Å². The summed E-state index contributed by atoms with van der Waals surface area (Å²) in [6, 6.07) is 23.7. The van der Waals surface area contributed by atoms with Crippen LogP contribution in [0.2, 0.25) is 0 Å². The van der Waals surface area contributed by atoms with Gasteiger partial charge in [0.2, 0.25) is 0 Å². The van der Waals surface area contributed by atoms with Gasteiger partial charge in [0.25, 0.3) is 0 Å². The molecule has 0 atom stereocenters. The third kappa shape index (κ3) is 5.13. The van der Waals surface area contributed by atoms with Gasteiger partial charge in [-0.2, -0.15) is 0 Å². The summed E-state index contributed by atoms with van der Waals surface area (Å²) in [4.78, 5) is 24.3.